The van der Waals surface area contributed by atoms with Crippen LogP contribution in [0.1, 0.15) is 27.8 Å². The predicted octanol–water partition coefficient (Wildman–Crippen LogP) is 3.28. The van der Waals surface area contributed by atoms with Crippen LogP contribution in [0.3, 0.4) is 0 Å². The van der Waals surface area contributed by atoms with E-state index in [2.05, 4.69) is 10.5 Å². The van der Waals surface area contributed by atoms with Gasteiger partial charge in [0.25, 0.3) is 5.91 Å². The van der Waals surface area contributed by atoms with Crippen LogP contribution < -0.4 is 5.32 Å². The normalized spacial score (nSPS) is 10.5. The lowest BCUT2D eigenvalue weighted by Gasteiger charge is -2.04. The zero-order valence-corrected chi connectivity index (χ0v) is 11.3. The van der Waals surface area contributed by atoms with Crippen molar-refractivity contribution in [3.05, 3.63) is 59.8 Å². The van der Waals surface area contributed by atoms with Gasteiger partial charge in [0.15, 0.2) is 17.1 Å². The van der Waals surface area contributed by atoms with Crippen LogP contribution in [-0.2, 0) is 0 Å². The van der Waals surface area contributed by atoms with E-state index < -0.39 is 0 Å². The van der Waals surface area contributed by atoms with Crippen LogP contribution in [0.4, 0.5) is 5.69 Å². The van der Waals surface area contributed by atoms with Gasteiger partial charge in [-0.2, -0.15) is 0 Å². The Morgan fingerprint density at radius 1 is 1.10 bits per heavy atom. The van der Waals surface area contributed by atoms with Crippen molar-refractivity contribution in [1.82, 2.24) is 5.16 Å². The molecule has 1 heterocycles. The van der Waals surface area contributed by atoms with Crippen molar-refractivity contribution in [3.8, 4) is 0 Å². The van der Waals surface area contributed by atoms with Crippen LogP contribution in [0.2, 0.25) is 0 Å². The molecule has 0 aliphatic carbocycles. The number of rotatable bonds is 3. The summed E-state index contributed by atoms with van der Waals surface area (Å²) in [5.41, 5.74) is 1.86. The molecule has 1 amide bonds. The number of nitrogens with zero attached hydrogens (tertiary/aromatic N) is 1. The van der Waals surface area contributed by atoms with E-state index in [1.165, 1.54) is 6.92 Å². The fraction of sp³-hybridized carbons (Fsp3) is 0.0625. The first-order chi connectivity index (χ1) is 10.1. The first kappa shape index (κ1) is 13.1. The van der Waals surface area contributed by atoms with Crippen molar-refractivity contribution in [1.29, 1.82) is 0 Å². The van der Waals surface area contributed by atoms with E-state index in [1.807, 2.05) is 12.1 Å². The molecule has 5 heteroatoms. The summed E-state index contributed by atoms with van der Waals surface area (Å²) in [6.07, 6.45) is 0. The van der Waals surface area contributed by atoms with Gasteiger partial charge in [-0.15, -0.1) is 0 Å². The third kappa shape index (κ3) is 2.53. The fourth-order valence-electron chi connectivity index (χ4n) is 2.06. The van der Waals surface area contributed by atoms with Gasteiger partial charge in [-0.05, 0) is 31.2 Å². The molecule has 3 aromatic rings. The van der Waals surface area contributed by atoms with Crippen molar-refractivity contribution in [2.24, 2.45) is 0 Å². The summed E-state index contributed by atoms with van der Waals surface area (Å²) >= 11 is 0. The summed E-state index contributed by atoms with van der Waals surface area (Å²) in [5, 5.41) is 7.16. The Labute approximate surface area is 120 Å². The third-order valence-corrected chi connectivity index (χ3v) is 3.12. The Morgan fingerprint density at radius 2 is 1.90 bits per heavy atom. The first-order valence-electron chi connectivity index (χ1n) is 6.42. The van der Waals surface area contributed by atoms with Crippen LogP contribution in [0.25, 0.3) is 11.0 Å². The standard InChI is InChI=1S/C16H12N2O3/c1-10(19)11-5-4-6-12(9-11)17-16(20)15-13-7-2-3-8-14(13)21-18-15/h2-9H,1H3,(H,17,20). The topological polar surface area (TPSA) is 72.2 Å². The van der Waals surface area contributed by atoms with E-state index in [9.17, 15) is 9.59 Å². The molecule has 0 saturated carbocycles. The number of fused-ring (bicyclic) bond motifs is 1. The molecule has 0 unspecified atom stereocenters. The highest BCUT2D eigenvalue weighted by Crippen LogP contribution is 2.19. The van der Waals surface area contributed by atoms with Gasteiger partial charge in [-0.3, -0.25) is 9.59 Å². The van der Waals surface area contributed by atoms with E-state index in [0.717, 1.165) is 0 Å². The maximum Gasteiger partial charge on any atom is 0.278 e. The average Bonchev–Trinajstić information content (AvgIpc) is 2.91. The summed E-state index contributed by atoms with van der Waals surface area (Å²) in [7, 11) is 0. The summed E-state index contributed by atoms with van der Waals surface area (Å²) in [6, 6.07) is 13.9. The average molecular weight is 280 g/mol. The highest BCUT2D eigenvalue weighted by molar-refractivity contribution is 6.11. The lowest BCUT2D eigenvalue weighted by atomic mass is 10.1. The van der Waals surface area contributed by atoms with Gasteiger partial charge in [0, 0.05) is 11.3 Å². The van der Waals surface area contributed by atoms with Gasteiger partial charge in [0.2, 0.25) is 0 Å². The second-order valence-corrected chi connectivity index (χ2v) is 4.62. The number of para-hydroxylation sites is 1. The molecule has 0 aliphatic rings. The van der Waals surface area contributed by atoms with Crippen LogP contribution in [0.15, 0.2) is 53.1 Å². The Kier molecular flexibility index (Phi) is 3.23. The Hall–Kier alpha value is -2.95. The van der Waals surface area contributed by atoms with Crippen molar-refractivity contribution in [2.45, 2.75) is 6.92 Å². The number of anilines is 1. The molecule has 0 radical (unpaired) electrons. The number of carbonyl (C=O) groups excluding carboxylic acids is 2. The van der Waals surface area contributed by atoms with Crippen molar-refractivity contribution < 1.29 is 14.1 Å². The molecule has 0 fully saturated rings. The Morgan fingerprint density at radius 3 is 2.71 bits per heavy atom. The van der Waals surface area contributed by atoms with E-state index in [1.54, 1.807) is 36.4 Å². The number of nitrogens with one attached hydrogen (secondary N) is 1. The van der Waals surface area contributed by atoms with E-state index >= 15 is 0 Å². The zero-order valence-electron chi connectivity index (χ0n) is 11.3. The number of amides is 1. The number of Topliss-reactive ketones (excluding diaryl/α,β-unsaturated/α-hetero) is 1. The monoisotopic (exact) mass is 280 g/mol. The first-order valence-corrected chi connectivity index (χ1v) is 6.42. The second kappa shape index (κ2) is 5.20. The van der Waals surface area contributed by atoms with Crippen LogP contribution >= 0.6 is 0 Å². The minimum absolute atomic E-state index is 0.0574. The maximum atomic E-state index is 12.3. The molecule has 21 heavy (non-hydrogen) atoms. The maximum absolute atomic E-state index is 12.3. The number of aromatic nitrogens is 1. The lowest BCUT2D eigenvalue weighted by molar-refractivity contribution is 0.100. The quantitative estimate of drug-likeness (QED) is 0.747. The van der Waals surface area contributed by atoms with Crippen molar-refractivity contribution in [2.75, 3.05) is 5.32 Å². The van der Waals surface area contributed by atoms with Crippen LogP contribution in [-0.4, -0.2) is 16.8 Å². The van der Waals surface area contributed by atoms with Gasteiger partial charge in [-0.25, -0.2) is 0 Å². The molecule has 0 atom stereocenters. The SMILES string of the molecule is CC(=O)c1cccc(NC(=O)c2noc3ccccc23)c1. The van der Waals surface area contributed by atoms with Gasteiger partial charge >= 0.3 is 0 Å². The highest BCUT2D eigenvalue weighted by atomic mass is 16.5. The zero-order chi connectivity index (χ0) is 14.8. The predicted molar refractivity (Wildman–Crippen MR) is 78.4 cm³/mol. The van der Waals surface area contributed by atoms with Gasteiger partial charge in [0.05, 0.1) is 5.39 Å². The highest BCUT2D eigenvalue weighted by Gasteiger charge is 2.16. The number of benzene rings is 2. The van der Waals surface area contributed by atoms with Gasteiger partial charge in [-0.1, -0.05) is 29.4 Å². The van der Waals surface area contributed by atoms with E-state index in [0.29, 0.717) is 22.2 Å². The molecule has 2 aromatic carbocycles. The minimum Gasteiger partial charge on any atom is -0.355 e. The number of ketones is 1. The second-order valence-electron chi connectivity index (χ2n) is 4.62. The molecule has 1 N–H and O–H groups in total. The molecule has 104 valence electrons. The van der Waals surface area contributed by atoms with Crippen LogP contribution in [0.5, 0.6) is 0 Å². The van der Waals surface area contributed by atoms with Crippen molar-refractivity contribution in [3.63, 3.8) is 0 Å². The molecule has 0 bridgehead atoms. The molecule has 0 saturated heterocycles. The van der Waals surface area contributed by atoms with Crippen LogP contribution in [0, 0.1) is 0 Å². The molecular formula is C16H12N2O3. The summed E-state index contributed by atoms with van der Waals surface area (Å²) in [6.45, 7) is 1.48. The smallest absolute Gasteiger partial charge is 0.278 e. The molecular weight excluding hydrogens is 268 g/mol. The largest absolute Gasteiger partial charge is 0.355 e. The van der Waals surface area contributed by atoms with E-state index in [4.69, 9.17) is 4.52 Å². The molecule has 0 aliphatic heterocycles. The summed E-state index contributed by atoms with van der Waals surface area (Å²) < 4.78 is 5.10. The number of carbonyl (C=O) groups is 2. The molecule has 5 nitrogen and oxygen atoms in total. The molecule has 0 spiro atoms. The van der Waals surface area contributed by atoms with Gasteiger partial charge in [0.1, 0.15) is 0 Å². The Bertz CT molecular complexity index is 836. The lowest BCUT2D eigenvalue weighted by Crippen LogP contribution is -2.13. The Balaban J connectivity index is 1.90. The third-order valence-electron chi connectivity index (χ3n) is 3.12. The van der Waals surface area contributed by atoms with Crippen molar-refractivity contribution >= 4 is 28.3 Å². The number of hydrogen-bond donors (Lipinski definition) is 1. The summed E-state index contributed by atoms with van der Waals surface area (Å²) in [5.74, 6) is -0.432. The molecule has 1 aromatic heterocycles. The molecule has 3 rings (SSSR count). The minimum atomic E-state index is -0.374. The van der Waals surface area contributed by atoms with E-state index in [-0.39, 0.29) is 17.4 Å². The fourth-order valence-corrected chi connectivity index (χ4v) is 2.06. The number of hydrogen-bond acceptors (Lipinski definition) is 4. The summed E-state index contributed by atoms with van der Waals surface area (Å²) in [4.78, 5) is 23.6. The van der Waals surface area contributed by atoms with Gasteiger partial charge < -0.3 is 9.84 Å².